The Hall–Kier alpha value is -1.90. The predicted octanol–water partition coefficient (Wildman–Crippen LogP) is 2.76. The zero-order valence-electron chi connectivity index (χ0n) is 15.6. The molecule has 0 amide bonds. The number of hydrogen-bond donors (Lipinski definition) is 1. The molecule has 1 unspecified atom stereocenters. The van der Waals surface area contributed by atoms with E-state index in [2.05, 4.69) is 21.6 Å². The first kappa shape index (κ1) is 18.5. The van der Waals surface area contributed by atoms with Crippen LogP contribution in [0.3, 0.4) is 0 Å². The summed E-state index contributed by atoms with van der Waals surface area (Å²) in [6.07, 6.45) is 6.21. The molecule has 27 heavy (non-hydrogen) atoms. The van der Waals surface area contributed by atoms with Gasteiger partial charge in [0.2, 0.25) is 0 Å². The van der Waals surface area contributed by atoms with Crippen LogP contribution in [0.15, 0.2) is 35.5 Å². The minimum absolute atomic E-state index is 0.114. The van der Waals surface area contributed by atoms with Crippen LogP contribution in [0.1, 0.15) is 43.4 Å². The molecule has 1 aromatic carbocycles. The van der Waals surface area contributed by atoms with Gasteiger partial charge in [0.15, 0.2) is 0 Å². The lowest BCUT2D eigenvalue weighted by atomic mass is 10.1. The molecule has 1 atom stereocenters. The molecule has 2 aliphatic rings. The third kappa shape index (κ3) is 4.02. The number of hydrogen-bond acceptors (Lipinski definition) is 5. The number of nitrogens with one attached hydrogen (secondary N) is 1. The molecule has 2 aliphatic heterocycles. The van der Waals surface area contributed by atoms with Crippen LogP contribution in [-0.2, 0) is 27.8 Å². The van der Waals surface area contributed by atoms with Gasteiger partial charge in [-0.1, -0.05) is 19.4 Å². The van der Waals surface area contributed by atoms with Gasteiger partial charge in [0.05, 0.1) is 18.8 Å². The highest BCUT2D eigenvalue weighted by atomic mass is 32.2. The van der Waals surface area contributed by atoms with Crippen molar-refractivity contribution in [3.63, 3.8) is 0 Å². The summed E-state index contributed by atoms with van der Waals surface area (Å²) >= 11 is 0. The van der Waals surface area contributed by atoms with Crippen molar-refractivity contribution in [1.29, 1.82) is 0 Å². The van der Waals surface area contributed by atoms with Crippen LogP contribution in [0, 0.1) is 0 Å². The van der Waals surface area contributed by atoms with Crippen LogP contribution >= 0.6 is 0 Å². The van der Waals surface area contributed by atoms with E-state index in [1.165, 1.54) is 30.2 Å². The monoisotopic (exact) mass is 390 g/mol. The molecule has 1 aromatic heterocycles. The number of sulfonamides is 1. The lowest BCUT2D eigenvalue weighted by molar-refractivity contribution is 0.184. The van der Waals surface area contributed by atoms with Gasteiger partial charge in [-0.15, -0.1) is 0 Å². The van der Waals surface area contributed by atoms with Crippen molar-refractivity contribution in [3.8, 4) is 0 Å². The molecule has 2 aromatic rings. The predicted molar refractivity (Wildman–Crippen MR) is 103 cm³/mol. The van der Waals surface area contributed by atoms with E-state index < -0.39 is 10.0 Å². The highest BCUT2D eigenvalue weighted by Gasteiger charge is 2.23. The van der Waals surface area contributed by atoms with Crippen molar-refractivity contribution < 1.29 is 13.2 Å². The smallest absolute Gasteiger partial charge is 0.265 e. The number of unbranched alkanes of at least 4 members (excludes halogenated alkanes) is 1. The summed E-state index contributed by atoms with van der Waals surface area (Å²) in [5, 5.41) is 4.21. The van der Waals surface area contributed by atoms with E-state index in [-0.39, 0.29) is 10.9 Å². The molecular formula is C19H26N4O3S. The lowest BCUT2D eigenvalue weighted by Crippen LogP contribution is -2.17. The van der Waals surface area contributed by atoms with Gasteiger partial charge in [-0.3, -0.25) is 14.3 Å². The number of benzene rings is 1. The van der Waals surface area contributed by atoms with Crippen LogP contribution in [0.2, 0.25) is 0 Å². The topological polar surface area (TPSA) is 76.5 Å². The average Bonchev–Trinajstić information content (AvgIpc) is 3.38. The Kier molecular flexibility index (Phi) is 5.21. The normalized spacial score (nSPS) is 20.1. The van der Waals surface area contributed by atoms with E-state index in [9.17, 15) is 8.42 Å². The maximum Gasteiger partial charge on any atom is 0.265 e. The average molecular weight is 391 g/mol. The Balaban J connectivity index is 1.46. The molecule has 0 aliphatic carbocycles. The molecule has 3 heterocycles. The van der Waals surface area contributed by atoms with E-state index in [0.29, 0.717) is 18.9 Å². The Morgan fingerprint density at radius 3 is 2.93 bits per heavy atom. The molecule has 0 radical (unpaired) electrons. The van der Waals surface area contributed by atoms with Crippen LogP contribution in [0.5, 0.6) is 0 Å². The quantitative estimate of drug-likeness (QED) is 0.787. The maximum absolute atomic E-state index is 12.7. The maximum atomic E-state index is 12.7. The first-order valence-electron chi connectivity index (χ1n) is 9.54. The number of rotatable bonds is 7. The highest BCUT2D eigenvalue weighted by molar-refractivity contribution is 7.92. The second-order valence-corrected chi connectivity index (χ2v) is 9.01. The van der Waals surface area contributed by atoms with Gasteiger partial charge in [-0.2, -0.15) is 5.10 Å². The molecule has 4 rings (SSSR count). The van der Waals surface area contributed by atoms with Crippen molar-refractivity contribution in [2.75, 3.05) is 24.5 Å². The molecule has 0 spiro atoms. The number of ether oxygens (including phenoxy) is 1. The molecule has 0 bridgehead atoms. The van der Waals surface area contributed by atoms with Crippen molar-refractivity contribution in [2.45, 2.75) is 50.2 Å². The Morgan fingerprint density at radius 1 is 1.30 bits per heavy atom. The van der Waals surface area contributed by atoms with Gasteiger partial charge in [0.1, 0.15) is 4.90 Å². The van der Waals surface area contributed by atoms with E-state index in [0.717, 1.165) is 26.1 Å². The van der Waals surface area contributed by atoms with Crippen LogP contribution in [0.4, 0.5) is 5.69 Å². The van der Waals surface area contributed by atoms with E-state index >= 15 is 0 Å². The fraction of sp³-hybridized carbons (Fsp3) is 0.526. The largest absolute Gasteiger partial charge is 0.379 e. The van der Waals surface area contributed by atoms with Crippen molar-refractivity contribution in [2.24, 2.45) is 0 Å². The Morgan fingerprint density at radius 2 is 2.15 bits per heavy atom. The highest BCUT2D eigenvalue weighted by Crippen LogP contribution is 2.27. The zero-order chi connectivity index (χ0) is 18.9. The van der Waals surface area contributed by atoms with Crippen molar-refractivity contribution in [1.82, 2.24) is 14.7 Å². The fourth-order valence-electron chi connectivity index (χ4n) is 3.67. The van der Waals surface area contributed by atoms with Gasteiger partial charge in [-0.25, -0.2) is 8.42 Å². The van der Waals surface area contributed by atoms with E-state index in [1.54, 1.807) is 10.9 Å². The summed E-state index contributed by atoms with van der Waals surface area (Å²) in [5.41, 5.74) is 3.08. The number of anilines is 1. The number of fused-ring (bicyclic) bond motifs is 1. The molecule has 7 nitrogen and oxygen atoms in total. The minimum Gasteiger partial charge on any atom is -0.379 e. The Labute approximate surface area is 160 Å². The number of aromatic nitrogens is 2. The minimum atomic E-state index is -3.65. The van der Waals surface area contributed by atoms with Crippen LogP contribution in [0.25, 0.3) is 0 Å². The number of nitrogens with zero attached hydrogens (tertiary/aromatic N) is 3. The van der Waals surface area contributed by atoms with Gasteiger partial charge in [-0.05, 0) is 42.6 Å². The molecule has 8 heteroatoms. The summed E-state index contributed by atoms with van der Waals surface area (Å²) < 4.78 is 35.2. The van der Waals surface area contributed by atoms with Crippen LogP contribution < -0.4 is 4.72 Å². The van der Waals surface area contributed by atoms with Gasteiger partial charge in [0.25, 0.3) is 10.0 Å². The second kappa shape index (κ2) is 7.61. The molecular weight excluding hydrogens is 364 g/mol. The van der Waals surface area contributed by atoms with Gasteiger partial charge >= 0.3 is 0 Å². The first-order valence-corrected chi connectivity index (χ1v) is 11.0. The van der Waals surface area contributed by atoms with E-state index in [4.69, 9.17) is 4.74 Å². The van der Waals surface area contributed by atoms with Crippen LogP contribution in [-0.4, -0.2) is 42.9 Å². The van der Waals surface area contributed by atoms with Crippen molar-refractivity contribution in [3.05, 3.63) is 41.7 Å². The second-order valence-electron chi connectivity index (χ2n) is 7.33. The third-order valence-corrected chi connectivity index (χ3v) is 6.58. The summed E-state index contributed by atoms with van der Waals surface area (Å²) in [6.45, 7) is 6.36. The zero-order valence-corrected chi connectivity index (χ0v) is 16.4. The summed E-state index contributed by atoms with van der Waals surface area (Å²) in [4.78, 5) is 2.58. The standard InChI is InChI=1S/C19H26N4O3S/c1-2-3-7-22-11-15-4-5-17(9-16(15)12-22)21-27(24,25)19-10-20-23(13-19)18-6-8-26-14-18/h4-5,9-10,13,18,21H,2-3,6-8,11-12,14H2,1H3. The summed E-state index contributed by atoms with van der Waals surface area (Å²) in [7, 11) is -3.65. The Bertz CT molecular complexity index is 903. The summed E-state index contributed by atoms with van der Waals surface area (Å²) in [6, 6.07) is 5.93. The molecule has 0 saturated carbocycles. The third-order valence-electron chi connectivity index (χ3n) is 5.24. The van der Waals surface area contributed by atoms with Gasteiger partial charge < -0.3 is 4.74 Å². The van der Waals surface area contributed by atoms with Crippen molar-refractivity contribution >= 4 is 15.7 Å². The first-order chi connectivity index (χ1) is 13.0. The molecule has 146 valence electrons. The fourth-order valence-corrected chi connectivity index (χ4v) is 4.66. The molecule has 1 fully saturated rings. The van der Waals surface area contributed by atoms with E-state index in [1.807, 2.05) is 18.2 Å². The molecule has 1 N–H and O–H groups in total. The summed E-state index contributed by atoms with van der Waals surface area (Å²) in [5.74, 6) is 0. The van der Waals surface area contributed by atoms with Gasteiger partial charge in [0, 0.05) is 31.6 Å². The SMILES string of the molecule is CCCCN1Cc2ccc(NS(=O)(=O)c3cnn(C4CCOC4)c3)cc2C1. The molecule has 1 saturated heterocycles. The lowest BCUT2D eigenvalue weighted by Gasteiger charge is -2.13.